The van der Waals surface area contributed by atoms with Gasteiger partial charge in [-0.3, -0.25) is 14.5 Å². The molecule has 0 saturated carbocycles. The molecule has 2 aromatic rings. The Hall–Kier alpha value is -3.08. The number of anilines is 1. The molecule has 1 aliphatic heterocycles. The fourth-order valence-corrected chi connectivity index (χ4v) is 3.41. The van der Waals surface area contributed by atoms with Gasteiger partial charge in [-0.1, -0.05) is 30.3 Å². The summed E-state index contributed by atoms with van der Waals surface area (Å²) < 4.78 is 5.70. The third kappa shape index (κ3) is 3.65. The van der Waals surface area contributed by atoms with E-state index in [9.17, 15) is 9.59 Å². The number of hydrogen-bond acceptors (Lipinski definition) is 4. The summed E-state index contributed by atoms with van der Waals surface area (Å²) in [5.74, 6) is 0.227. The average molecular weight is 378 g/mol. The van der Waals surface area contributed by atoms with Crippen molar-refractivity contribution in [2.75, 3.05) is 18.0 Å². The van der Waals surface area contributed by atoms with E-state index in [4.69, 9.17) is 4.74 Å². The average Bonchev–Trinajstić information content (AvgIpc) is 2.93. The van der Waals surface area contributed by atoms with Crippen molar-refractivity contribution in [3.63, 3.8) is 0 Å². The maximum atomic E-state index is 13.1. The van der Waals surface area contributed by atoms with Crippen LogP contribution in [0.25, 0.3) is 5.57 Å². The summed E-state index contributed by atoms with van der Waals surface area (Å²) in [6.45, 7) is 8.63. The molecule has 0 bridgehead atoms. The Bertz CT molecular complexity index is 886. The van der Waals surface area contributed by atoms with Crippen LogP contribution < -0.4 is 9.64 Å². The van der Waals surface area contributed by atoms with Gasteiger partial charge in [-0.05, 0) is 57.5 Å². The van der Waals surface area contributed by atoms with Gasteiger partial charge in [0.05, 0.1) is 11.7 Å². The van der Waals surface area contributed by atoms with E-state index in [1.165, 1.54) is 4.90 Å². The summed E-state index contributed by atoms with van der Waals surface area (Å²) in [6, 6.07) is 17.0. The maximum Gasteiger partial charge on any atom is 0.278 e. The minimum absolute atomic E-state index is 0.0690. The summed E-state index contributed by atoms with van der Waals surface area (Å²) in [7, 11) is 0. The molecule has 146 valence electrons. The van der Waals surface area contributed by atoms with Gasteiger partial charge in [-0.2, -0.15) is 0 Å². The number of rotatable bonds is 7. The van der Waals surface area contributed by atoms with Gasteiger partial charge < -0.3 is 9.64 Å². The van der Waals surface area contributed by atoms with Crippen LogP contribution in [0.3, 0.4) is 0 Å². The zero-order valence-electron chi connectivity index (χ0n) is 16.8. The Labute approximate surface area is 166 Å². The molecule has 5 heteroatoms. The van der Waals surface area contributed by atoms with E-state index >= 15 is 0 Å². The molecule has 0 N–H and O–H groups in total. The van der Waals surface area contributed by atoms with Crippen molar-refractivity contribution in [1.82, 2.24) is 4.90 Å². The fraction of sp³-hybridized carbons (Fsp3) is 0.304. The number of hydrogen-bond donors (Lipinski definition) is 0. The van der Waals surface area contributed by atoms with E-state index in [2.05, 4.69) is 0 Å². The molecule has 0 atom stereocenters. The van der Waals surface area contributed by atoms with Crippen LogP contribution in [0.15, 0.2) is 60.3 Å². The van der Waals surface area contributed by atoms with Gasteiger partial charge >= 0.3 is 0 Å². The highest BCUT2D eigenvalue weighted by atomic mass is 16.5. The van der Waals surface area contributed by atoms with Crippen molar-refractivity contribution in [1.29, 1.82) is 0 Å². The van der Waals surface area contributed by atoms with Gasteiger partial charge in [-0.15, -0.1) is 0 Å². The lowest BCUT2D eigenvalue weighted by molar-refractivity contribution is -0.136. The largest absolute Gasteiger partial charge is 0.491 e. The van der Waals surface area contributed by atoms with Crippen LogP contribution >= 0.6 is 0 Å². The first-order valence-electron chi connectivity index (χ1n) is 9.68. The molecule has 0 aliphatic carbocycles. The monoisotopic (exact) mass is 378 g/mol. The predicted molar refractivity (Wildman–Crippen MR) is 111 cm³/mol. The van der Waals surface area contributed by atoms with Crippen LogP contribution in [0.1, 0.15) is 33.3 Å². The van der Waals surface area contributed by atoms with Crippen molar-refractivity contribution in [2.45, 2.75) is 33.8 Å². The Kier molecular flexibility index (Phi) is 5.83. The lowest BCUT2D eigenvalue weighted by atomic mass is 10.0. The van der Waals surface area contributed by atoms with E-state index in [-0.39, 0.29) is 17.9 Å². The van der Waals surface area contributed by atoms with Crippen LogP contribution in [0.2, 0.25) is 0 Å². The smallest absolute Gasteiger partial charge is 0.278 e. The van der Waals surface area contributed by atoms with Crippen molar-refractivity contribution in [3.8, 4) is 5.75 Å². The minimum Gasteiger partial charge on any atom is -0.491 e. The molecule has 0 saturated heterocycles. The minimum atomic E-state index is -0.255. The molecule has 2 amide bonds. The molecule has 0 aromatic heterocycles. The molecule has 0 radical (unpaired) electrons. The van der Waals surface area contributed by atoms with Crippen LogP contribution in [-0.4, -0.2) is 35.9 Å². The summed E-state index contributed by atoms with van der Waals surface area (Å²) in [5.41, 5.74) is 2.47. The molecule has 28 heavy (non-hydrogen) atoms. The Morgan fingerprint density at radius 2 is 1.57 bits per heavy atom. The standard InChI is InChI=1S/C23H26N2O3/c1-5-24(18-10-8-7-9-11-18)21-20(22(26)25(6-2)23(21)27)17-12-14-19(15-13-17)28-16(3)4/h7-16H,5-6H2,1-4H3. The second kappa shape index (κ2) is 8.30. The van der Waals surface area contributed by atoms with Gasteiger partial charge in [0, 0.05) is 18.8 Å². The Morgan fingerprint density at radius 3 is 2.11 bits per heavy atom. The van der Waals surface area contributed by atoms with Crippen LogP contribution in [0.4, 0.5) is 5.69 Å². The second-order valence-corrected chi connectivity index (χ2v) is 6.85. The molecule has 1 heterocycles. The number of carbonyl (C=O) groups is 2. The summed E-state index contributed by atoms with van der Waals surface area (Å²) in [6.07, 6.45) is 0.0690. The number of para-hydroxylation sites is 1. The molecular weight excluding hydrogens is 352 g/mol. The van der Waals surface area contributed by atoms with Gasteiger partial charge in [0.1, 0.15) is 11.4 Å². The van der Waals surface area contributed by atoms with E-state index in [0.29, 0.717) is 24.4 Å². The molecule has 3 rings (SSSR count). The molecular formula is C23H26N2O3. The van der Waals surface area contributed by atoms with Crippen LogP contribution in [0.5, 0.6) is 5.75 Å². The number of benzene rings is 2. The van der Waals surface area contributed by atoms with Gasteiger partial charge in [0.25, 0.3) is 11.8 Å². The quantitative estimate of drug-likeness (QED) is 0.681. The molecule has 0 fully saturated rings. The highest BCUT2D eigenvalue weighted by Crippen LogP contribution is 2.34. The van der Waals surface area contributed by atoms with Crippen molar-refractivity contribution >= 4 is 23.1 Å². The van der Waals surface area contributed by atoms with Crippen LogP contribution in [0, 0.1) is 0 Å². The second-order valence-electron chi connectivity index (χ2n) is 6.85. The van der Waals surface area contributed by atoms with Gasteiger partial charge in [0.15, 0.2) is 0 Å². The van der Waals surface area contributed by atoms with Gasteiger partial charge in [0.2, 0.25) is 0 Å². The lowest BCUT2D eigenvalue weighted by Crippen LogP contribution is -2.35. The zero-order chi connectivity index (χ0) is 20.3. The molecule has 0 unspecified atom stereocenters. The topological polar surface area (TPSA) is 49.9 Å². The summed E-state index contributed by atoms with van der Waals surface area (Å²) >= 11 is 0. The van der Waals surface area contributed by atoms with Gasteiger partial charge in [-0.25, -0.2) is 0 Å². The molecule has 0 spiro atoms. The van der Waals surface area contributed by atoms with E-state index in [1.54, 1.807) is 0 Å². The normalized spacial score (nSPS) is 14.2. The van der Waals surface area contributed by atoms with Crippen molar-refractivity contribution < 1.29 is 14.3 Å². The number of carbonyl (C=O) groups excluding carboxylic acids is 2. The predicted octanol–water partition coefficient (Wildman–Crippen LogP) is 4.10. The summed E-state index contributed by atoms with van der Waals surface area (Å²) in [4.78, 5) is 29.4. The number of imide groups is 1. The molecule has 5 nitrogen and oxygen atoms in total. The number of nitrogens with zero attached hydrogens (tertiary/aromatic N) is 2. The summed E-state index contributed by atoms with van der Waals surface area (Å²) in [5, 5.41) is 0. The van der Waals surface area contributed by atoms with Crippen LogP contribution in [-0.2, 0) is 9.59 Å². The highest BCUT2D eigenvalue weighted by molar-refractivity contribution is 6.36. The fourth-order valence-electron chi connectivity index (χ4n) is 3.41. The first-order chi connectivity index (χ1) is 13.5. The number of likely N-dealkylation sites (N-methyl/N-ethyl adjacent to an activating group) is 2. The van der Waals surface area contributed by atoms with Crippen molar-refractivity contribution in [3.05, 3.63) is 65.9 Å². The van der Waals surface area contributed by atoms with E-state index < -0.39 is 0 Å². The molecule has 1 aliphatic rings. The lowest BCUT2D eigenvalue weighted by Gasteiger charge is -2.24. The first kappa shape index (κ1) is 19.7. The Balaban J connectivity index is 2.11. The number of amides is 2. The zero-order valence-corrected chi connectivity index (χ0v) is 16.8. The SMILES string of the molecule is CCN1C(=O)C(c2ccc(OC(C)C)cc2)=C(N(CC)c2ccccc2)C1=O. The van der Waals surface area contributed by atoms with E-state index in [1.807, 2.05) is 87.2 Å². The highest BCUT2D eigenvalue weighted by Gasteiger charge is 2.40. The third-order valence-corrected chi connectivity index (χ3v) is 4.63. The van der Waals surface area contributed by atoms with Crippen molar-refractivity contribution in [2.24, 2.45) is 0 Å². The molecule has 2 aromatic carbocycles. The first-order valence-corrected chi connectivity index (χ1v) is 9.68. The maximum absolute atomic E-state index is 13.1. The van der Waals surface area contributed by atoms with E-state index in [0.717, 1.165) is 17.0 Å². The third-order valence-electron chi connectivity index (χ3n) is 4.63. The Morgan fingerprint density at radius 1 is 0.929 bits per heavy atom. The number of ether oxygens (including phenoxy) is 1.